The molecule has 0 unspecified atom stereocenters. The van der Waals surface area contributed by atoms with Gasteiger partial charge in [-0.2, -0.15) is 20.4 Å². The number of hydrogen-bond donors (Lipinski definition) is 4. The van der Waals surface area contributed by atoms with Gasteiger partial charge in [0.05, 0.1) is 22.8 Å². The molecule has 0 radical (unpaired) electrons. The lowest BCUT2D eigenvalue weighted by Crippen LogP contribution is -2.07. The number of benzene rings is 12. The van der Waals surface area contributed by atoms with Crippen LogP contribution in [0.15, 0.2) is 218 Å². The Labute approximate surface area is 570 Å². The van der Waals surface area contributed by atoms with Crippen LogP contribution in [0.3, 0.4) is 0 Å². The molecule has 98 heavy (non-hydrogen) atoms. The monoisotopic (exact) mass is 1300 g/mol. The third-order valence-corrected chi connectivity index (χ3v) is 19.0. The molecular formula is C84H84N8O6. The zero-order valence-corrected chi connectivity index (χ0v) is 57.5. The molecule has 12 aromatic carbocycles. The minimum Gasteiger partial charge on any atom is -0.412 e. The molecule has 0 aliphatic rings. The number of aromatic nitrogens is 8. The molecule has 0 spiro atoms. The van der Waals surface area contributed by atoms with E-state index in [-0.39, 0.29) is 35.4 Å². The molecule has 0 aliphatic carbocycles. The average Bonchev–Trinajstić information content (AvgIpc) is 1.15. The van der Waals surface area contributed by atoms with Crippen LogP contribution in [0.2, 0.25) is 0 Å². The van der Waals surface area contributed by atoms with Crippen molar-refractivity contribution in [2.75, 3.05) is 28.4 Å². The second kappa shape index (κ2) is 29.8. The summed E-state index contributed by atoms with van der Waals surface area (Å²) >= 11 is 0. The number of aryl methyl sites for hydroxylation is 8. The molecule has 496 valence electrons. The summed E-state index contributed by atoms with van der Waals surface area (Å²) in [6.45, 7) is 16.3. The quantitative estimate of drug-likeness (QED) is 0.0861. The van der Waals surface area contributed by atoms with E-state index >= 15 is 0 Å². The van der Waals surface area contributed by atoms with E-state index in [0.29, 0.717) is 0 Å². The van der Waals surface area contributed by atoms with Crippen LogP contribution in [0.1, 0.15) is 114 Å². The van der Waals surface area contributed by atoms with Crippen molar-refractivity contribution in [3.63, 3.8) is 0 Å². The zero-order chi connectivity index (χ0) is 66.7. The second-order valence-corrected chi connectivity index (χ2v) is 24.8. The van der Waals surface area contributed by atoms with Gasteiger partial charge in [-0.3, -0.25) is 20.4 Å². The van der Waals surface area contributed by atoms with E-state index in [4.69, 9.17) is 18.9 Å². The van der Waals surface area contributed by atoms with Crippen molar-refractivity contribution in [2.45, 2.75) is 79.8 Å². The second-order valence-electron chi connectivity index (χ2n) is 24.8. The van der Waals surface area contributed by atoms with E-state index < -0.39 is 0 Å². The van der Waals surface area contributed by atoms with Crippen LogP contribution in [0.5, 0.6) is 0 Å². The molecule has 8 N–H and O–H groups in total. The number of nitrogens with zero attached hydrogens (tertiary/aromatic N) is 4. The zero-order valence-electron chi connectivity index (χ0n) is 57.5. The van der Waals surface area contributed by atoms with Gasteiger partial charge < -0.3 is 29.9 Å². The highest BCUT2D eigenvalue weighted by molar-refractivity contribution is 6.06. The molecular weight excluding hydrogens is 1220 g/mol. The molecule has 0 fully saturated rings. The third-order valence-electron chi connectivity index (χ3n) is 19.0. The molecule has 14 nitrogen and oxygen atoms in total. The number of methoxy groups -OCH3 is 4. The summed E-state index contributed by atoms with van der Waals surface area (Å²) in [6, 6.07) is 77.0. The Morgan fingerprint density at radius 1 is 0.224 bits per heavy atom. The Hall–Kier alpha value is -10.7. The molecule has 4 aromatic heterocycles. The summed E-state index contributed by atoms with van der Waals surface area (Å²) in [6.07, 6.45) is -0.612. The number of hydrogen-bond acceptors (Lipinski definition) is 8. The molecule has 0 aliphatic heterocycles. The fourth-order valence-corrected chi connectivity index (χ4v) is 14.6. The maximum absolute atomic E-state index is 6.00. The Bertz CT molecular complexity index is 4520. The van der Waals surface area contributed by atoms with Gasteiger partial charge in [-0.25, -0.2) is 0 Å². The Morgan fingerprint density at radius 2 is 0.367 bits per heavy atom. The van der Waals surface area contributed by atoms with Crippen LogP contribution in [0.25, 0.3) is 86.2 Å². The Morgan fingerprint density at radius 3 is 0.490 bits per heavy atom. The van der Waals surface area contributed by atoms with Crippen LogP contribution in [0.4, 0.5) is 0 Å². The van der Waals surface area contributed by atoms with Gasteiger partial charge in [-0.05, 0) is 166 Å². The van der Waals surface area contributed by atoms with Crippen molar-refractivity contribution in [3.8, 4) is 0 Å². The van der Waals surface area contributed by atoms with E-state index in [9.17, 15) is 0 Å². The average molecular weight is 1300 g/mol. The van der Waals surface area contributed by atoms with Gasteiger partial charge in [0.1, 0.15) is 24.4 Å². The Balaban J connectivity index is 0.000000131. The highest BCUT2D eigenvalue weighted by Crippen LogP contribution is 2.44. The lowest BCUT2D eigenvalue weighted by atomic mass is 9.90. The molecule has 14 heteroatoms. The minimum absolute atomic E-state index is 0. The fraction of sp³-hybridized carbons (Fsp3) is 0.190. The smallest absolute Gasteiger partial charge is 0.112 e. The van der Waals surface area contributed by atoms with E-state index in [1.165, 1.54) is 108 Å². The van der Waals surface area contributed by atoms with Crippen LogP contribution >= 0.6 is 0 Å². The fourth-order valence-electron chi connectivity index (χ4n) is 14.6. The molecule has 4 heterocycles. The van der Waals surface area contributed by atoms with Crippen molar-refractivity contribution in [3.05, 3.63) is 308 Å². The predicted octanol–water partition coefficient (Wildman–Crippen LogP) is 18.6. The number of ether oxygens (including phenoxy) is 4. The minimum atomic E-state index is -0.153. The first-order chi connectivity index (χ1) is 46.8. The number of aromatic amines is 4. The van der Waals surface area contributed by atoms with Gasteiger partial charge in [0.25, 0.3) is 0 Å². The number of rotatable bonds is 12. The number of fused-ring (bicyclic) bond motifs is 8. The summed E-state index contributed by atoms with van der Waals surface area (Å²) in [7, 11) is 7.08. The maximum Gasteiger partial charge on any atom is 0.112 e. The van der Waals surface area contributed by atoms with Crippen molar-refractivity contribution in [1.29, 1.82) is 0 Å². The van der Waals surface area contributed by atoms with E-state index in [0.717, 1.165) is 67.8 Å². The summed E-state index contributed by atoms with van der Waals surface area (Å²) in [4.78, 5) is 0. The lowest BCUT2D eigenvalue weighted by molar-refractivity contribution is 0.137. The van der Waals surface area contributed by atoms with Gasteiger partial charge in [0.15, 0.2) is 0 Å². The first-order valence-electron chi connectivity index (χ1n) is 32.6. The molecule has 16 aromatic rings. The standard InChI is InChI=1S/4C21H20N2O.2H2O/c4*1-13-19(14(2)23-22-13)21(24-3)20-17-10-6-4-8-15(17)12-16-9-5-7-11-18(16)20;;/h4*4-12,21H,1-3H3,(H,22,23);2*1H2/t4*21-;;/m1110../s1. The largest absolute Gasteiger partial charge is 0.412 e. The van der Waals surface area contributed by atoms with Gasteiger partial charge >= 0.3 is 0 Å². The van der Waals surface area contributed by atoms with E-state index in [1.807, 2.05) is 27.7 Å². The highest BCUT2D eigenvalue weighted by Gasteiger charge is 2.29. The first-order valence-corrected chi connectivity index (χ1v) is 32.6. The molecule has 4 atom stereocenters. The van der Waals surface area contributed by atoms with Crippen molar-refractivity contribution in [2.24, 2.45) is 0 Å². The Kier molecular flexibility index (Phi) is 20.9. The molecule has 0 bridgehead atoms. The van der Waals surface area contributed by atoms with Crippen LogP contribution < -0.4 is 0 Å². The number of nitrogens with one attached hydrogen (secondary N) is 4. The first kappa shape index (κ1) is 68.7. The molecule has 0 saturated heterocycles. The summed E-state index contributed by atoms with van der Waals surface area (Å²) in [5.74, 6) is 0. The summed E-state index contributed by atoms with van der Waals surface area (Å²) in [5.41, 5.74) is 17.5. The lowest BCUT2D eigenvalue weighted by Gasteiger charge is -2.21. The number of H-pyrrole nitrogens is 4. The molecule has 0 saturated carbocycles. The van der Waals surface area contributed by atoms with E-state index in [1.54, 1.807) is 28.4 Å². The summed E-state index contributed by atoms with van der Waals surface area (Å²) < 4.78 is 24.0. The van der Waals surface area contributed by atoms with Crippen molar-refractivity contribution >= 4 is 86.2 Å². The van der Waals surface area contributed by atoms with Gasteiger partial charge in [-0.1, -0.05) is 194 Å². The maximum atomic E-state index is 6.00. The molecule has 0 amide bonds. The topological polar surface area (TPSA) is 215 Å². The van der Waals surface area contributed by atoms with Crippen molar-refractivity contribution < 1.29 is 29.9 Å². The highest BCUT2D eigenvalue weighted by atomic mass is 16.5. The van der Waals surface area contributed by atoms with Crippen molar-refractivity contribution in [1.82, 2.24) is 40.8 Å². The molecule has 16 rings (SSSR count). The summed E-state index contributed by atoms with van der Waals surface area (Å²) in [5, 5.41) is 49.4. The van der Waals surface area contributed by atoms with Crippen LogP contribution in [-0.2, 0) is 18.9 Å². The van der Waals surface area contributed by atoms with Gasteiger partial charge in [0.2, 0.25) is 0 Å². The van der Waals surface area contributed by atoms with Gasteiger partial charge in [0, 0.05) is 95.7 Å². The van der Waals surface area contributed by atoms with Crippen LogP contribution in [0, 0.1) is 55.4 Å². The van der Waals surface area contributed by atoms with Gasteiger partial charge in [-0.15, -0.1) is 0 Å². The van der Waals surface area contributed by atoms with E-state index in [2.05, 4.69) is 287 Å². The normalized spacial score (nSPS) is 12.5. The van der Waals surface area contributed by atoms with Crippen LogP contribution in [-0.4, -0.2) is 80.2 Å². The third kappa shape index (κ3) is 12.8. The predicted molar refractivity (Wildman–Crippen MR) is 401 cm³/mol. The SMILES string of the molecule is CO[C@@H](c1c(C)n[nH]c1C)c1c2ccccc2cc2ccccc12.CO[C@H](c1c(C)n[nH]c1C)c1c2ccccc2cc2ccccc12.CO[C@H](c1c(C)n[nH]c1C)c1c2ccccc2cc2ccccc12.CO[C@H](c1c(C)n[nH]c1C)c1c2ccccc2cc2ccccc12.O.O.